The number of pyridine rings is 1. The van der Waals surface area contributed by atoms with Gasteiger partial charge in [-0.25, -0.2) is 9.97 Å². The van der Waals surface area contributed by atoms with Gasteiger partial charge in [-0.05, 0) is 33.8 Å². The zero-order valence-electron chi connectivity index (χ0n) is 13.8. The molecule has 0 aliphatic heterocycles. The summed E-state index contributed by atoms with van der Waals surface area (Å²) in [6, 6.07) is 1.74. The molecule has 1 amide bonds. The van der Waals surface area contributed by atoms with Crippen LogP contribution in [0.1, 0.15) is 41.2 Å². The number of fused-ring (bicyclic) bond motifs is 1. The van der Waals surface area contributed by atoms with Gasteiger partial charge >= 0.3 is 0 Å². The number of carbonyl (C=O) groups is 1. The highest BCUT2D eigenvalue weighted by molar-refractivity contribution is 5.96. The van der Waals surface area contributed by atoms with Gasteiger partial charge in [0, 0.05) is 18.8 Å². The molecule has 1 N–H and O–H groups in total. The first-order valence-electron chi connectivity index (χ1n) is 7.32. The lowest BCUT2D eigenvalue weighted by Gasteiger charge is -2.26. The van der Waals surface area contributed by atoms with Crippen molar-refractivity contribution in [1.82, 2.24) is 25.0 Å². The Balaban J connectivity index is 1.90. The van der Waals surface area contributed by atoms with E-state index in [-0.39, 0.29) is 5.91 Å². The number of nitrogens with one attached hydrogen (secondary N) is 1. The SMILES string of the molecule is Cc1noc(C)c1C(C)(C)NC(=O)c1cnc2c(c1)ncn2C. The predicted octanol–water partition coefficient (Wildman–Crippen LogP) is 2.24. The van der Waals surface area contributed by atoms with E-state index in [0.29, 0.717) is 16.8 Å². The number of hydrogen-bond donors (Lipinski definition) is 1. The number of aryl methyl sites for hydroxylation is 3. The minimum absolute atomic E-state index is 0.213. The Morgan fingerprint density at radius 1 is 1.30 bits per heavy atom. The van der Waals surface area contributed by atoms with Crippen LogP contribution >= 0.6 is 0 Å². The van der Waals surface area contributed by atoms with Crippen molar-refractivity contribution >= 4 is 17.1 Å². The molecule has 0 spiro atoms. The van der Waals surface area contributed by atoms with Crippen LogP contribution in [0.5, 0.6) is 0 Å². The smallest absolute Gasteiger partial charge is 0.253 e. The van der Waals surface area contributed by atoms with Crippen molar-refractivity contribution in [3.8, 4) is 0 Å². The summed E-state index contributed by atoms with van der Waals surface area (Å²) in [6.45, 7) is 7.54. The fourth-order valence-corrected chi connectivity index (χ4v) is 2.93. The van der Waals surface area contributed by atoms with Crippen molar-refractivity contribution in [2.75, 3.05) is 0 Å². The highest BCUT2D eigenvalue weighted by Gasteiger charge is 2.30. The van der Waals surface area contributed by atoms with Gasteiger partial charge in [0.1, 0.15) is 11.3 Å². The molecule has 0 unspecified atom stereocenters. The number of aromatic nitrogens is 4. The third kappa shape index (κ3) is 2.58. The quantitative estimate of drug-likeness (QED) is 0.801. The lowest BCUT2D eigenvalue weighted by Crippen LogP contribution is -2.41. The van der Waals surface area contributed by atoms with Gasteiger partial charge in [-0.1, -0.05) is 5.16 Å². The Kier molecular flexibility index (Phi) is 3.43. The van der Waals surface area contributed by atoms with Crippen LogP contribution in [0.3, 0.4) is 0 Å². The second-order valence-electron chi connectivity index (χ2n) is 6.20. The van der Waals surface area contributed by atoms with Crippen LogP contribution in [0.2, 0.25) is 0 Å². The number of nitrogens with zero attached hydrogens (tertiary/aromatic N) is 4. The van der Waals surface area contributed by atoms with Crippen molar-refractivity contribution < 1.29 is 9.32 Å². The molecule has 0 aromatic carbocycles. The van der Waals surface area contributed by atoms with E-state index in [2.05, 4.69) is 20.4 Å². The van der Waals surface area contributed by atoms with Gasteiger partial charge in [0.25, 0.3) is 5.91 Å². The zero-order chi connectivity index (χ0) is 16.8. The van der Waals surface area contributed by atoms with Crippen LogP contribution < -0.4 is 5.32 Å². The summed E-state index contributed by atoms with van der Waals surface area (Å²) in [5.74, 6) is 0.487. The predicted molar refractivity (Wildman–Crippen MR) is 85.0 cm³/mol. The number of imidazole rings is 1. The molecule has 0 atom stereocenters. The van der Waals surface area contributed by atoms with Gasteiger partial charge in [0.15, 0.2) is 5.65 Å². The molecule has 0 bridgehead atoms. The van der Waals surface area contributed by atoms with E-state index in [1.807, 2.05) is 39.3 Å². The molecule has 0 aliphatic carbocycles. The lowest BCUT2D eigenvalue weighted by atomic mass is 9.92. The maximum atomic E-state index is 12.6. The Bertz CT molecular complexity index is 872. The van der Waals surface area contributed by atoms with E-state index in [0.717, 1.165) is 16.9 Å². The van der Waals surface area contributed by atoms with Crippen LogP contribution in [0, 0.1) is 13.8 Å². The number of rotatable bonds is 3. The van der Waals surface area contributed by atoms with Crippen LogP contribution in [0.25, 0.3) is 11.2 Å². The fourth-order valence-electron chi connectivity index (χ4n) is 2.93. The van der Waals surface area contributed by atoms with Crippen molar-refractivity contribution in [3.05, 3.63) is 41.2 Å². The first-order valence-corrected chi connectivity index (χ1v) is 7.32. The van der Waals surface area contributed by atoms with Gasteiger partial charge in [-0.2, -0.15) is 0 Å². The molecular formula is C16H19N5O2. The topological polar surface area (TPSA) is 85.8 Å². The Morgan fingerprint density at radius 2 is 2.04 bits per heavy atom. The van der Waals surface area contributed by atoms with Gasteiger partial charge < -0.3 is 14.4 Å². The Morgan fingerprint density at radius 3 is 2.70 bits per heavy atom. The highest BCUT2D eigenvalue weighted by Crippen LogP contribution is 2.27. The monoisotopic (exact) mass is 313 g/mol. The van der Waals surface area contributed by atoms with Crippen molar-refractivity contribution in [2.45, 2.75) is 33.2 Å². The Hall–Kier alpha value is -2.70. The fraction of sp³-hybridized carbons (Fsp3) is 0.375. The molecule has 3 aromatic rings. The van der Waals surface area contributed by atoms with Gasteiger partial charge in [0.05, 0.1) is 23.1 Å². The summed E-state index contributed by atoms with van der Waals surface area (Å²) >= 11 is 0. The maximum absolute atomic E-state index is 12.6. The highest BCUT2D eigenvalue weighted by atomic mass is 16.5. The normalized spacial score (nSPS) is 11.9. The molecule has 7 heteroatoms. The molecule has 0 radical (unpaired) electrons. The first-order chi connectivity index (χ1) is 10.8. The summed E-state index contributed by atoms with van der Waals surface area (Å²) in [5, 5.41) is 6.97. The molecule has 7 nitrogen and oxygen atoms in total. The van der Waals surface area contributed by atoms with E-state index in [9.17, 15) is 4.79 Å². The standard InChI is InChI=1S/C16H19N5O2/c1-9-13(10(2)23-20-9)16(3,4)19-15(22)11-6-12-14(17-7-11)21(5)8-18-12/h6-8H,1-5H3,(H,19,22). The van der Waals surface area contributed by atoms with Crippen molar-refractivity contribution in [2.24, 2.45) is 7.05 Å². The minimum atomic E-state index is -0.607. The van der Waals surface area contributed by atoms with Gasteiger partial charge in [-0.3, -0.25) is 4.79 Å². The first kappa shape index (κ1) is 15.2. The number of carbonyl (C=O) groups excluding carboxylic acids is 1. The second-order valence-corrected chi connectivity index (χ2v) is 6.20. The summed E-state index contributed by atoms with van der Waals surface area (Å²) in [4.78, 5) is 21.1. The van der Waals surface area contributed by atoms with Crippen molar-refractivity contribution in [1.29, 1.82) is 0 Å². The molecule has 3 aromatic heterocycles. The van der Waals surface area contributed by atoms with Crippen molar-refractivity contribution in [3.63, 3.8) is 0 Å². The average molecular weight is 313 g/mol. The number of hydrogen-bond acceptors (Lipinski definition) is 5. The van der Waals surface area contributed by atoms with Gasteiger partial charge in [0.2, 0.25) is 0 Å². The van der Waals surface area contributed by atoms with Crippen LogP contribution in [0.15, 0.2) is 23.1 Å². The van der Waals surface area contributed by atoms with E-state index in [1.165, 1.54) is 0 Å². The van der Waals surface area contributed by atoms with E-state index >= 15 is 0 Å². The second kappa shape index (κ2) is 5.19. The maximum Gasteiger partial charge on any atom is 0.253 e. The largest absolute Gasteiger partial charge is 0.361 e. The molecule has 0 saturated heterocycles. The lowest BCUT2D eigenvalue weighted by molar-refractivity contribution is 0.0911. The van der Waals surface area contributed by atoms with E-state index in [4.69, 9.17) is 4.52 Å². The summed E-state index contributed by atoms with van der Waals surface area (Å²) in [7, 11) is 1.86. The summed E-state index contributed by atoms with van der Waals surface area (Å²) in [5.41, 5.74) is 2.95. The molecule has 0 saturated carbocycles. The van der Waals surface area contributed by atoms with E-state index < -0.39 is 5.54 Å². The van der Waals surface area contributed by atoms with E-state index in [1.54, 1.807) is 18.6 Å². The number of amides is 1. The van der Waals surface area contributed by atoms with Gasteiger partial charge in [-0.15, -0.1) is 0 Å². The van der Waals surface area contributed by atoms with Crippen LogP contribution in [-0.4, -0.2) is 25.6 Å². The molecule has 120 valence electrons. The minimum Gasteiger partial charge on any atom is -0.361 e. The average Bonchev–Trinajstić information content (AvgIpc) is 3.01. The molecule has 3 rings (SSSR count). The van der Waals surface area contributed by atoms with Crippen LogP contribution in [0.4, 0.5) is 0 Å². The molecular weight excluding hydrogens is 294 g/mol. The zero-order valence-corrected chi connectivity index (χ0v) is 13.8. The molecule has 23 heavy (non-hydrogen) atoms. The molecule has 0 fully saturated rings. The molecule has 3 heterocycles. The summed E-state index contributed by atoms with van der Waals surface area (Å²) in [6.07, 6.45) is 3.23. The third-order valence-electron chi connectivity index (χ3n) is 3.90. The summed E-state index contributed by atoms with van der Waals surface area (Å²) < 4.78 is 7.01. The van der Waals surface area contributed by atoms with Crippen LogP contribution in [-0.2, 0) is 12.6 Å². The molecule has 0 aliphatic rings. The third-order valence-corrected chi connectivity index (χ3v) is 3.90. The Labute approximate surface area is 133 Å².